The Morgan fingerprint density at radius 2 is 1.94 bits per heavy atom. The molecule has 5 nitrogen and oxygen atoms in total. The van der Waals surface area contributed by atoms with Gasteiger partial charge in [-0.15, -0.1) is 0 Å². The van der Waals surface area contributed by atoms with Crippen LogP contribution in [0.4, 0.5) is 4.79 Å². The predicted octanol–water partition coefficient (Wildman–Crippen LogP) is 2.27. The average molecular weight is 336 g/mol. The zero-order chi connectivity index (χ0) is 14.0. The Kier molecular flexibility index (Phi) is 4.39. The summed E-state index contributed by atoms with van der Waals surface area (Å²) in [5.74, 6) is 0. The van der Waals surface area contributed by atoms with E-state index < -0.39 is 20.7 Å². The molecule has 0 aliphatic carbocycles. The van der Waals surface area contributed by atoms with Gasteiger partial charge in [0.05, 0.1) is 9.64 Å². The molecule has 1 amide bonds. The van der Waals surface area contributed by atoms with E-state index in [-0.39, 0.29) is 11.4 Å². The van der Waals surface area contributed by atoms with E-state index >= 15 is 0 Å². The highest BCUT2D eigenvalue weighted by Crippen LogP contribution is 2.30. The van der Waals surface area contributed by atoms with Gasteiger partial charge in [0.1, 0.15) is 0 Å². The Labute approximate surface area is 114 Å². The van der Waals surface area contributed by atoms with Gasteiger partial charge in [-0.2, -0.15) is 0 Å². The number of amides is 1. The molecule has 1 aromatic rings. The molecule has 0 saturated heterocycles. The fourth-order valence-corrected chi connectivity index (χ4v) is 3.71. The first-order valence-electron chi connectivity index (χ1n) is 5.14. The molecular formula is C11H14BrNO4S. The zero-order valence-electron chi connectivity index (χ0n) is 9.97. The van der Waals surface area contributed by atoms with Crippen LogP contribution in [0.15, 0.2) is 33.6 Å². The summed E-state index contributed by atoms with van der Waals surface area (Å²) in [4.78, 5) is 10.6. The van der Waals surface area contributed by atoms with E-state index in [2.05, 4.69) is 21.2 Å². The van der Waals surface area contributed by atoms with Gasteiger partial charge >= 0.3 is 6.09 Å². The van der Waals surface area contributed by atoms with Gasteiger partial charge in [0.2, 0.25) is 0 Å². The molecular weight excluding hydrogens is 322 g/mol. The Hall–Kier alpha value is -1.08. The van der Waals surface area contributed by atoms with E-state index in [9.17, 15) is 13.2 Å². The quantitative estimate of drug-likeness (QED) is 0.883. The molecule has 100 valence electrons. The summed E-state index contributed by atoms with van der Waals surface area (Å²) in [6, 6.07) is 6.46. The fourth-order valence-electron chi connectivity index (χ4n) is 1.34. The number of nitrogens with one attached hydrogen (secondary N) is 1. The smallest absolute Gasteiger partial charge is 0.404 e. The Morgan fingerprint density at radius 1 is 1.39 bits per heavy atom. The van der Waals surface area contributed by atoms with Crippen molar-refractivity contribution in [2.45, 2.75) is 23.5 Å². The van der Waals surface area contributed by atoms with Gasteiger partial charge < -0.3 is 10.4 Å². The highest BCUT2D eigenvalue weighted by Gasteiger charge is 2.37. The maximum atomic E-state index is 12.4. The minimum Gasteiger partial charge on any atom is -0.465 e. The van der Waals surface area contributed by atoms with Crippen LogP contribution in [0.1, 0.15) is 13.8 Å². The lowest BCUT2D eigenvalue weighted by Crippen LogP contribution is -2.44. The van der Waals surface area contributed by atoms with E-state index in [0.29, 0.717) is 4.47 Å². The summed E-state index contributed by atoms with van der Waals surface area (Å²) in [5.41, 5.74) is 0. The maximum absolute atomic E-state index is 12.4. The first-order chi connectivity index (χ1) is 8.18. The first kappa shape index (κ1) is 15.0. The molecule has 18 heavy (non-hydrogen) atoms. The first-order valence-corrected chi connectivity index (χ1v) is 7.42. The number of carboxylic acid groups (broad SMARTS) is 1. The fraction of sp³-hybridized carbons (Fsp3) is 0.364. The number of hydrogen-bond donors (Lipinski definition) is 2. The summed E-state index contributed by atoms with van der Waals surface area (Å²) in [7, 11) is -3.64. The van der Waals surface area contributed by atoms with Crippen LogP contribution in [0, 0.1) is 0 Å². The topological polar surface area (TPSA) is 83.5 Å². The van der Waals surface area contributed by atoms with E-state index in [1.165, 1.54) is 19.9 Å². The molecule has 0 heterocycles. The standard InChI is InChI=1S/C11H14BrNO4S/c1-11(2,7-13-10(14)15)18(16,17)9-6-4-3-5-8(9)12/h3-6,13H,7H2,1-2H3,(H,14,15). The summed E-state index contributed by atoms with van der Waals surface area (Å²) < 4.78 is 24.1. The molecule has 7 heteroatoms. The minimum atomic E-state index is -3.64. The summed E-state index contributed by atoms with van der Waals surface area (Å²) in [5, 5.41) is 10.7. The molecule has 0 spiro atoms. The lowest BCUT2D eigenvalue weighted by atomic mass is 10.2. The van der Waals surface area contributed by atoms with E-state index in [1.54, 1.807) is 18.2 Å². The third-order valence-electron chi connectivity index (χ3n) is 2.52. The monoisotopic (exact) mass is 335 g/mol. The van der Waals surface area contributed by atoms with Crippen molar-refractivity contribution >= 4 is 31.9 Å². The molecule has 0 unspecified atom stereocenters. The summed E-state index contributed by atoms with van der Waals surface area (Å²) in [6.45, 7) is 2.79. The van der Waals surface area contributed by atoms with Gasteiger partial charge in [0.15, 0.2) is 9.84 Å². The van der Waals surface area contributed by atoms with E-state index in [4.69, 9.17) is 5.11 Å². The van der Waals surface area contributed by atoms with Crippen molar-refractivity contribution in [1.82, 2.24) is 5.32 Å². The largest absolute Gasteiger partial charge is 0.465 e. The SMILES string of the molecule is CC(C)(CNC(=O)O)S(=O)(=O)c1ccccc1Br. The highest BCUT2D eigenvalue weighted by atomic mass is 79.9. The second-order valence-corrected chi connectivity index (χ2v) is 7.76. The summed E-state index contributed by atoms with van der Waals surface area (Å²) in [6.07, 6.45) is -1.24. The average Bonchev–Trinajstić information content (AvgIpc) is 2.26. The van der Waals surface area contributed by atoms with E-state index in [1.807, 2.05) is 0 Å². The molecule has 2 N–H and O–H groups in total. The van der Waals surface area contributed by atoms with Crippen LogP contribution in [0.3, 0.4) is 0 Å². The summed E-state index contributed by atoms with van der Waals surface area (Å²) >= 11 is 3.19. The lowest BCUT2D eigenvalue weighted by Gasteiger charge is -2.25. The van der Waals surface area contributed by atoms with Crippen LogP contribution in [-0.4, -0.2) is 30.9 Å². The minimum absolute atomic E-state index is 0.155. The number of halogens is 1. The number of rotatable bonds is 4. The predicted molar refractivity (Wildman–Crippen MR) is 71.4 cm³/mol. The molecule has 0 aliphatic rings. The third-order valence-corrected chi connectivity index (χ3v) is 6.01. The molecule has 0 atom stereocenters. The van der Waals surface area contributed by atoms with E-state index in [0.717, 1.165) is 0 Å². The number of benzene rings is 1. The van der Waals surface area contributed by atoms with Crippen LogP contribution in [-0.2, 0) is 9.84 Å². The van der Waals surface area contributed by atoms with Crippen molar-refractivity contribution in [2.75, 3.05) is 6.54 Å². The second kappa shape index (κ2) is 5.27. The normalized spacial score (nSPS) is 12.2. The van der Waals surface area contributed by atoms with Crippen LogP contribution < -0.4 is 5.32 Å². The molecule has 0 aliphatic heterocycles. The van der Waals surface area contributed by atoms with Gasteiger partial charge in [-0.25, -0.2) is 13.2 Å². The van der Waals surface area contributed by atoms with Crippen molar-refractivity contribution in [2.24, 2.45) is 0 Å². The maximum Gasteiger partial charge on any atom is 0.404 e. The molecule has 0 bridgehead atoms. The number of carbonyl (C=O) groups is 1. The lowest BCUT2D eigenvalue weighted by molar-refractivity contribution is 0.193. The Balaban J connectivity index is 3.14. The Bertz CT molecular complexity index is 554. The third kappa shape index (κ3) is 3.02. The van der Waals surface area contributed by atoms with Crippen molar-refractivity contribution in [3.8, 4) is 0 Å². The number of hydrogen-bond acceptors (Lipinski definition) is 3. The van der Waals surface area contributed by atoms with Crippen LogP contribution in [0.5, 0.6) is 0 Å². The van der Waals surface area contributed by atoms with Gasteiger partial charge in [0, 0.05) is 11.0 Å². The van der Waals surface area contributed by atoms with Gasteiger partial charge in [0.25, 0.3) is 0 Å². The van der Waals surface area contributed by atoms with Crippen molar-refractivity contribution in [1.29, 1.82) is 0 Å². The Morgan fingerprint density at radius 3 is 2.44 bits per heavy atom. The molecule has 1 aromatic carbocycles. The molecule has 0 radical (unpaired) electrons. The van der Waals surface area contributed by atoms with Gasteiger partial charge in [-0.05, 0) is 41.9 Å². The van der Waals surface area contributed by atoms with Crippen molar-refractivity contribution in [3.05, 3.63) is 28.7 Å². The molecule has 0 fully saturated rings. The molecule has 0 aromatic heterocycles. The van der Waals surface area contributed by atoms with Gasteiger partial charge in [-0.3, -0.25) is 0 Å². The number of sulfone groups is 1. The van der Waals surface area contributed by atoms with Crippen LogP contribution in [0.25, 0.3) is 0 Å². The second-order valence-electron chi connectivity index (χ2n) is 4.35. The van der Waals surface area contributed by atoms with Crippen LogP contribution >= 0.6 is 15.9 Å². The van der Waals surface area contributed by atoms with Crippen molar-refractivity contribution < 1.29 is 18.3 Å². The van der Waals surface area contributed by atoms with Gasteiger partial charge in [-0.1, -0.05) is 12.1 Å². The van der Waals surface area contributed by atoms with Crippen LogP contribution in [0.2, 0.25) is 0 Å². The van der Waals surface area contributed by atoms with Crippen molar-refractivity contribution in [3.63, 3.8) is 0 Å². The zero-order valence-corrected chi connectivity index (χ0v) is 12.4. The molecule has 0 saturated carbocycles. The highest BCUT2D eigenvalue weighted by molar-refractivity contribution is 9.10. The molecule has 1 rings (SSSR count).